The first-order chi connectivity index (χ1) is 10.7. The number of nitrogens with zero attached hydrogens (tertiary/aromatic N) is 1. The number of nitrogens with two attached hydrogens (primary N) is 1. The monoisotopic (exact) mass is 314 g/mol. The van der Waals surface area contributed by atoms with E-state index >= 15 is 0 Å². The predicted octanol–water partition coefficient (Wildman–Crippen LogP) is 3.24. The van der Waals surface area contributed by atoms with Gasteiger partial charge in [0.25, 0.3) is 0 Å². The zero-order chi connectivity index (χ0) is 15.5. The number of carbonyl (C=O) groups is 1. The van der Waals surface area contributed by atoms with Gasteiger partial charge in [-0.3, -0.25) is 0 Å². The fourth-order valence-electron chi connectivity index (χ4n) is 2.04. The molecule has 112 valence electrons. The lowest BCUT2D eigenvalue weighted by Gasteiger charge is -2.04. The maximum Gasteiger partial charge on any atom is 0.350 e. The van der Waals surface area contributed by atoms with Crippen LogP contribution in [0.4, 0.5) is 5.69 Å². The van der Waals surface area contributed by atoms with Crippen molar-refractivity contribution in [2.45, 2.75) is 6.61 Å². The largest absolute Gasteiger partial charge is 0.478 e. The summed E-state index contributed by atoms with van der Waals surface area (Å²) in [4.78, 5) is 16.4. The van der Waals surface area contributed by atoms with Crippen molar-refractivity contribution in [3.05, 3.63) is 53.0 Å². The minimum atomic E-state index is -0.457. The summed E-state index contributed by atoms with van der Waals surface area (Å²) >= 11 is 1.17. The van der Waals surface area contributed by atoms with Gasteiger partial charge >= 0.3 is 5.97 Å². The van der Waals surface area contributed by atoms with Gasteiger partial charge in [-0.15, -0.1) is 0 Å². The van der Waals surface area contributed by atoms with Crippen LogP contribution in [0.1, 0.15) is 15.4 Å². The van der Waals surface area contributed by atoms with Crippen LogP contribution in [0.3, 0.4) is 0 Å². The number of thiophene rings is 1. The van der Waals surface area contributed by atoms with Crippen LogP contribution in [-0.4, -0.2) is 18.1 Å². The highest BCUT2D eigenvalue weighted by Gasteiger charge is 2.15. The fourth-order valence-corrected chi connectivity index (χ4v) is 2.89. The van der Waals surface area contributed by atoms with Crippen molar-refractivity contribution in [2.24, 2.45) is 0 Å². The highest BCUT2D eigenvalue weighted by Crippen LogP contribution is 2.32. The average Bonchev–Trinajstić information content (AvgIpc) is 2.93. The Morgan fingerprint density at radius 2 is 2.09 bits per heavy atom. The minimum absolute atomic E-state index is 0.311. The van der Waals surface area contributed by atoms with Crippen molar-refractivity contribution in [3.8, 4) is 5.06 Å². The average molecular weight is 314 g/mol. The molecule has 3 aromatic rings. The van der Waals surface area contributed by atoms with Crippen molar-refractivity contribution in [1.29, 1.82) is 0 Å². The topological polar surface area (TPSA) is 74.4 Å². The van der Waals surface area contributed by atoms with E-state index < -0.39 is 5.97 Å². The number of rotatable bonds is 4. The molecule has 0 fully saturated rings. The molecule has 0 atom stereocenters. The van der Waals surface area contributed by atoms with Gasteiger partial charge in [-0.05, 0) is 12.1 Å². The number of pyridine rings is 1. The van der Waals surface area contributed by atoms with Gasteiger partial charge in [-0.25, -0.2) is 9.78 Å². The highest BCUT2D eigenvalue weighted by molar-refractivity contribution is 7.16. The summed E-state index contributed by atoms with van der Waals surface area (Å²) < 4.78 is 10.3. The molecular weight excluding hydrogens is 300 g/mol. The molecule has 0 amide bonds. The van der Waals surface area contributed by atoms with E-state index in [1.165, 1.54) is 18.4 Å². The number of nitrogen functional groups attached to an aromatic ring is 1. The number of anilines is 1. The van der Waals surface area contributed by atoms with E-state index in [2.05, 4.69) is 9.72 Å². The van der Waals surface area contributed by atoms with E-state index in [0.29, 0.717) is 22.2 Å². The van der Waals surface area contributed by atoms with Gasteiger partial charge in [0.15, 0.2) is 5.06 Å². The molecule has 3 rings (SSSR count). The van der Waals surface area contributed by atoms with Crippen LogP contribution in [0.5, 0.6) is 5.06 Å². The van der Waals surface area contributed by atoms with Gasteiger partial charge in [0.05, 0.1) is 24.0 Å². The maximum atomic E-state index is 11.5. The number of fused-ring (bicyclic) bond motifs is 1. The molecule has 0 saturated carbocycles. The fraction of sp³-hybridized carbons (Fsp3) is 0.125. The number of ether oxygens (including phenoxy) is 2. The van der Waals surface area contributed by atoms with Crippen LogP contribution in [0.25, 0.3) is 10.9 Å². The van der Waals surface area contributed by atoms with Gasteiger partial charge in [0.1, 0.15) is 11.5 Å². The number of carbonyl (C=O) groups excluding carboxylic acids is 1. The molecule has 22 heavy (non-hydrogen) atoms. The SMILES string of the molecule is COC(=O)c1sc(OCc2ccc3ccccc3n2)cc1N. The molecule has 6 heteroatoms. The summed E-state index contributed by atoms with van der Waals surface area (Å²) in [6, 6.07) is 13.4. The Labute approximate surface area is 131 Å². The van der Waals surface area contributed by atoms with Gasteiger partial charge in [-0.1, -0.05) is 35.6 Å². The molecule has 2 aromatic heterocycles. The van der Waals surface area contributed by atoms with Crippen molar-refractivity contribution >= 4 is 33.9 Å². The normalized spacial score (nSPS) is 10.6. The number of para-hydroxylation sites is 1. The number of aromatic nitrogens is 1. The standard InChI is InChI=1S/C16H14N2O3S/c1-20-16(19)15-12(17)8-14(22-15)21-9-11-7-6-10-4-2-3-5-13(10)18-11/h2-8H,9,17H2,1H3. The van der Waals surface area contributed by atoms with Crippen LogP contribution >= 0.6 is 11.3 Å². The van der Waals surface area contributed by atoms with Crippen LogP contribution in [0.2, 0.25) is 0 Å². The van der Waals surface area contributed by atoms with E-state index in [0.717, 1.165) is 16.6 Å². The number of hydrogen-bond acceptors (Lipinski definition) is 6. The lowest BCUT2D eigenvalue weighted by Crippen LogP contribution is -2.01. The molecule has 0 aliphatic carbocycles. The molecule has 0 aliphatic heterocycles. The summed E-state index contributed by atoms with van der Waals surface area (Å²) in [6.07, 6.45) is 0. The summed E-state index contributed by atoms with van der Waals surface area (Å²) in [7, 11) is 1.32. The molecule has 5 nitrogen and oxygen atoms in total. The molecule has 0 spiro atoms. The third-order valence-corrected chi connectivity index (χ3v) is 4.17. The first kappa shape index (κ1) is 14.3. The lowest BCUT2D eigenvalue weighted by atomic mass is 10.2. The van der Waals surface area contributed by atoms with Crippen molar-refractivity contribution in [2.75, 3.05) is 12.8 Å². The maximum absolute atomic E-state index is 11.5. The highest BCUT2D eigenvalue weighted by atomic mass is 32.1. The van der Waals surface area contributed by atoms with Gasteiger partial charge in [0, 0.05) is 11.5 Å². The molecule has 1 aromatic carbocycles. The summed E-state index contributed by atoms with van der Waals surface area (Å²) in [5.41, 5.74) is 7.87. The Hall–Kier alpha value is -2.60. The Morgan fingerprint density at radius 1 is 1.27 bits per heavy atom. The van der Waals surface area contributed by atoms with Crippen molar-refractivity contribution in [3.63, 3.8) is 0 Å². The zero-order valence-corrected chi connectivity index (χ0v) is 12.7. The summed E-state index contributed by atoms with van der Waals surface area (Å²) in [5, 5.41) is 1.65. The third-order valence-electron chi connectivity index (χ3n) is 3.13. The van der Waals surface area contributed by atoms with E-state index in [9.17, 15) is 4.79 Å². The second-order valence-corrected chi connectivity index (χ2v) is 5.64. The van der Waals surface area contributed by atoms with Crippen LogP contribution in [-0.2, 0) is 11.3 Å². The quantitative estimate of drug-likeness (QED) is 0.748. The number of esters is 1. The Kier molecular flexibility index (Phi) is 3.93. The van der Waals surface area contributed by atoms with Crippen molar-refractivity contribution in [1.82, 2.24) is 4.98 Å². The van der Waals surface area contributed by atoms with E-state index in [-0.39, 0.29) is 0 Å². The molecular formula is C16H14N2O3S. The smallest absolute Gasteiger partial charge is 0.350 e. The Balaban J connectivity index is 1.75. The molecule has 2 heterocycles. The number of benzene rings is 1. The zero-order valence-electron chi connectivity index (χ0n) is 11.9. The number of hydrogen-bond donors (Lipinski definition) is 1. The molecule has 2 N–H and O–H groups in total. The van der Waals surface area contributed by atoms with Gasteiger partial charge in [-0.2, -0.15) is 0 Å². The first-order valence-corrected chi connectivity index (χ1v) is 7.44. The molecule has 0 saturated heterocycles. The first-order valence-electron chi connectivity index (χ1n) is 6.62. The van der Waals surface area contributed by atoms with E-state index in [1.807, 2.05) is 36.4 Å². The third kappa shape index (κ3) is 2.87. The second kappa shape index (κ2) is 6.03. The van der Waals surface area contributed by atoms with Gasteiger partial charge < -0.3 is 15.2 Å². The lowest BCUT2D eigenvalue weighted by molar-refractivity contribution is 0.0607. The minimum Gasteiger partial charge on any atom is -0.478 e. The summed E-state index contributed by atoms with van der Waals surface area (Å²) in [5.74, 6) is -0.457. The van der Waals surface area contributed by atoms with Crippen LogP contribution in [0.15, 0.2) is 42.5 Å². The van der Waals surface area contributed by atoms with Crippen LogP contribution < -0.4 is 10.5 Å². The van der Waals surface area contributed by atoms with E-state index in [1.54, 1.807) is 6.07 Å². The van der Waals surface area contributed by atoms with Gasteiger partial charge in [0.2, 0.25) is 0 Å². The summed E-state index contributed by atoms with van der Waals surface area (Å²) in [6.45, 7) is 0.311. The van der Waals surface area contributed by atoms with Crippen molar-refractivity contribution < 1.29 is 14.3 Å². The Morgan fingerprint density at radius 3 is 2.91 bits per heavy atom. The molecule has 0 bridgehead atoms. The Bertz CT molecular complexity index is 829. The second-order valence-electron chi connectivity index (χ2n) is 4.63. The molecule has 0 unspecified atom stereocenters. The molecule has 0 radical (unpaired) electrons. The van der Waals surface area contributed by atoms with Crippen LogP contribution in [0, 0.1) is 0 Å². The van der Waals surface area contributed by atoms with E-state index in [4.69, 9.17) is 10.5 Å². The predicted molar refractivity (Wildman–Crippen MR) is 86.1 cm³/mol. The molecule has 0 aliphatic rings. The number of methoxy groups -OCH3 is 1.